The highest BCUT2D eigenvalue weighted by Crippen LogP contribution is 2.23. The molecule has 29 heavy (non-hydrogen) atoms. The number of benzene rings is 1. The van der Waals surface area contributed by atoms with E-state index in [2.05, 4.69) is 33.5 Å². The standard InChI is InChI=1S/C21H26N6O.ClH/c1-3-6-17-12-20(27-10-5-9-19(14-27)23-15(2)28)26-21(24-17)25-18-8-4-7-16(11-18)13-22;/h4,7-8,11-12,19H,3,5-6,9-10,14H2,1-2H3,(H,23,28)(H,24,25,26);1H/t19-;/m1./s1. The summed E-state index contributed by atoms with van der Waals surface area (Å²) >= 11 is 0. The van der Waals surface area contributed by atoms with Gasteiger partial charge in [-0.15, -0.1) is 12.4 Å². The molecule has 0 unspecified atom stereocenters. The minimum Gasteiger partial charge on any atom is -0.354 e. The van der Waals surface area contributed by atoms with Gasteiger partial charge in [-0.2, -0.15) is 10.2 Å². The van der Waals surface area contributed by atoms with Crippen LogP contribution in [0.25, 0.3) is 0 Å². The summed E-state index contributed by atoms with van der Waals surface area (Å²) in [6.07, 6.45) is 3.85. The Kier molecular flexibility index (Phi) is 8.22. The zero-order valence-corrected chi connectivity index (χ0v) is 17.6. The first-order valence-corrected chi connectivity index (χ1v) is 9.74. The van der Waals surface area contributed by atoms with Crippen molar-refractivity contribution in [2.75, 3.05) is 23.3 Å². The van der Waals surface area contributed by atoms with Crippen LogP contribution in [0.4, 0.5) is 17.5 Å². The van der Waals surface area contributed by atoms with Crippen molar-refractivity contribution >= 4 is 35.8 Å². The number of hydrogen-bond donors (Lipinski definition) is 2. The molecule has 1 amide bonds. The molecule has 2 aromatic rings. The number of carbonyl (C=O) groups is 1. The molecule has 0 radical (unpaired) electrons. The third kappa shape index (κ3) is 6.33. The molecule has 1 aromatic carbocycles. The van der Waals surface area contributed by atoms with Crippen molar-refractivity contribution < 1.29 is 4.79 Å². The van der Waals surface area contributed by atoms with Crippen molar-refractivity contribution in [3.8, 4) is 6.07 Å². The summed E-state index contributed by atoms with van der Waals surface area (Å²) in [6, 6.07) is 11.6. The van der Waals surface area contributed by atoms with E-state index < -0.39 is 0 Å². The van der Waals surface area contributed by atoms with Crippen molar-refractivity contribution in [2.45, 2.75) is 45.6 Å². The highest BCUT2D eigenvalue weighted by Gasteiger charge is 2.22. The van der Waals surface area contributed by atoms with Crippen molar-refractivity contribution in [3.05, 3.63) is 41.6 Å². The van der Waals surface area contributed by atoms with E-state index in [0.717, 1.165) is 56.0 Å². The summed E-state index contributed by atoms with van der Waals surface area (Å²) in [4.78, 5) is 23.0. The van der Waals surface area contributed by atoms with Crippen LogP contribution in [-0.2, 0) is 11.2 Å². The van der Waals surface area contributed by atoms with E-state index in [0.29, 0.717) is 11.5 Å². The number of anilines is 3. The summed E-state index contributed by atoms with van der Waals surface area (Å²) in [5.41, 5.74) is 2.35. The Morgan fingerprint density at radius 3 is 2.90 bits per heavy atom. The van der Waals surface area contributed by atoms with E-state index in [-0.39, 0.29) is 24.4 Å². The van der Waals surface area contributed by atoms with Gasteiger partial charge in [-0.1, -0.05) is 19.4 Å². The number of nitrogens with one attached hydrogen (secondary N) is 2. The number of halogens is 1. The first-order chi connectivity index (χ1) is 13.6. The molecule has 2 N–H and O–H groups in total. The predicted molar refractivity (Wildman–Crippen MR) is 117 cm³/mol. The number of aromatic nitrogens is 2. The maximum atomic E-state index is 11.4. The number of piperidine rings is 1. The fraction of sp³-hybridized carbons (Fsp3) is 0.429. The van der Waals surface area contributed by atoms with Gasteiger partial charge in [0, 0.05) is 43.5 Å². The number of nitrogens with zero attached hydrogens (tertiary/aromatic N) is 4. The Morgan fingerprint density at radius 2 is 2.17 bits per heavy atom. The van der Waals surface area contributed by atoms with Crippen molar-refractivity contribution in [1.29, 1.82) is 5.26 Å². The van der Waals surface area contributed by atoms with Gasteiger partial charge in [0.15, 0.2) is 0 Å². The van der Waals surface area contributed by atoms with E-state index in [1.165, 1.54) is 0 Å². The summed E-state index contributed by atoms with van der Waals surface area (Å²) in [5.74, 6) is 1.39. The molecule has 1 atom stereocenters. The normalized spacial score (nSPS) is 15.8. The van der Waals surface area contributed by atoms with Crippen LogP contribution in [0, 0.1) is 11.3 Å². The third-order valence-corrected chi connectivity index (χ3v) is 4.67. The number of hydrogen-bond acceptors (Lipinski definition) is 6. The molecule has 0 aliphatic carbocycles. The number of rotatable bonds is 6. The molecule has 1 fully saturated rings. The van der Waals surface area contributed by atoms with Gasteiger partial charge in [0.2, 0.25) is 11.9 Å². The second kappa shape index (κ2) is 10.6. The molecule has 2 heterocycles. The number of carbonyl (C=O) groups excluding carboxylic acids is 1. The second-order valence-electron chi connectivity index (χ2n) is 7.09. The molecule has 8 heteroatoms. The zero-order valence-electron chi connectivity index (χ0n) is 16.8. The number of nitriles is 1. The Bertz CT molecular complexity index is 882. The van der Waals surface area contributed by atoms with Crippen LogP contribution in [0.3, 0.4) is 0 Å². The first kappa shape index (κ1) is 22.4. The first-order valence-electron chi connectivity index (χ1n) is 9.74. The van der Waals surface area contributed by atoms with Crippen LogP contribution in [0.15, 0.2) is 30.3 Å². The lowest BCUT2D eigenvalue weighted by molar-refractivity contribution is -0.119. The van der Waals surface area contributed by atoms with E-state index in [4.69, 9.17) is 10.2 Å². The Morgan fingerprint density at radius 1 is 1.34 bits per heavy atom. The molecule has 0 spiro atoms. The lowest BCUT2D eigenvalue weighted by atomic mass is 10.1. The lowest BCUT2D eigenvalue weighted by Crippen LogP contribution is -2.47. The molecular formula is C21H27ClN6O. The summed E-state index contributed by atoms with van der Waals surface area (Å²) < 4.78 is 0. The van der Waals surface area contributed by atoms with Gasteiger partial charge in [0.1, 0.15) is 5.82 Å². The maximum absolute atomic E-state index is 11.4. The van der Waals surface area contributed by atoms with Gasteiger partial charge in [0.05, 0.1) is 11.6 Å². The Balaban J connectivity index is 0.00000300. The fourth-order valence-corrected chi connectivity index (χ4v) is 3.47. The van der Waals surface area contributed by atoms with Crippen LogP contribution in [-0.4, -0.2) is 35.0 Å². The summed E-state index contributed by atoms with van der Waals surface area (Å²) in [5, 5.41) is 15.3. The smallest absolute Gasteiger partial charge is 0.229 e. The maximum Gasteiger partial charge on any atom is 0.229 e. The van der Waals surface area contributed by atoms with Crippen molar-refractivity contribution in [1.82, 2.24) is 15.3 Å². The SMILES string of the molecule is CCCc1cc(N2CCC[C@@H](NC(C)=O)C2)nc(Nc2cccc(C#N)c2)n1.Cl. The van der Waals surface area contributed by atoms with E-state index in [1.807, 2.05) is 18.2 Å². The molecule has 1 saturated heterocycles. The van der Waals surface area contributed by atoms with Gasteiger partial charge in [-0.3, -0.25) is 4.79 Å². The number of aryl methyl sites for hydroxylation is 1. The molecule has 154 valence electrons. The quantitative estimate of drug-likeness (QED) is 0.750. The van der Waals surface area contributed by atoms with Crippen molar-refractivity contribution in [2.24, 2.45) is 0 Å². The van der Waals surface area contributed by atoms with Crippen LogP contribution in [0.1, 0.15) is 44.4 Å². The minimum absolute atomic E-state index is 0. The van der Waals surface area contributed by atoms with Gasteiger partial charge in [-0.05, 0) is 37.5 Å². The average Bonchev–Trinajstić information content (AvgIpc) is 2.68. The van der Waals surface area contributed by atoms with Gasteiger partial charge < -0.3 is 15.5 Å². The minimum atomic E-state index is 0. The molecule has 1 aliphatic rings. The Hall–Kier alpha value is -2.85. The summed E-state index contributed by atoms with van der Waals surface area (Å²) in [7, 11) is 0. The molecular weight excluding hydrogens is 388 g/mol. The zero-order chi connectivity index (χ0) is 19.9. The van der Waals surface area contributed by atoms with E-state index in [1.54, 1.807) is 19.1 Å². The average molecular weight is 415 g/mol. The number of amides is 1. The van der Waals surface area contributed by atoms with E-state index in [9.17, 15) is 4.79 Å². The Labute approximate surface area is 178 Å². The predicted octanol–water partition coefficient (Wildman–Crippen LogP) is 3.57. The van der Waals surface area contributed by atoms with Gasteiger partial charge in [-0.25, -0.2) is 4.98 Å². The largest absolute Gasteiger partial charge is 0.354 e. The van der Waals surface area contributed by atoms with Crippen molar-refractivity contribution in [3.63, 3.8) is 0 Å². The van der Waals surface area contributed by atoms with Gasteiger partial charge >= 0.3 is 0 Å². The second-order valence-corrected chi connectivity index (χ2v) is 7.09. The molecule has 7 nitrogen and oxygen atoms in total. The molecule has 0 saturated carbocycles. The molecule has 0 bridgehead atoms. The topological polar surface area (TPSA) is 93.9 Å². The third-order valence-electron chi connectivity index (χ3n) is 4.67. The lowest BCUT2D eigenvalue weighted by Gasteiger charge is -2.34. The highest BCUT2D eigenvalue weighted by molar-refractivity contribution is 5.85. The highest BCUT2D eigenvalue weighted by atomic mass is 35.5. The van der Waals surface area contributed by atoms with Gasteiger partial charge in [0.25, 0.3) is 0 Å². The van der Waals surface area contributed by atoms with Crippen LogP contribution in [0.5, 0.6) is 0 Å². The van der Waals surface area contributed by atoms with Crippen LogP contribution >= 0.6 is 12.4 Å². The van der Waals surface area contributed by atoms with Crippen LogP contribution < -0.4 is 15.5 Å². The van der Waals surface area contributed by atoms with Crippen LogP contribution in [0.2, 0.25) is 0 Å². The summed E-state index contributed by atoms with van der Waals surface area (Å²) in [6.45, 7) is 5.33. The fourth-order valence-electron chi connectivity index (χ4n) is 3.47. The molecule has 3 rings (SSSR count). The molecule has 1 aromatic heterocycles. The van der Waals surface area contributed by atoms with E-state index >= 15 is 0 Å². The molecule has 1 aliphatic heterocycles. The monoisotopic (exact) mass is 414 g/mol.